The molecule has 0 aliphatic rings. The van der Waals surface area contributed by atoms with E-state index in [4.69, 9.17) is 0 Å². The molecule has 1 N–H and O–H groups in total. The van der Waals surface area contributed by atoms with Crippen molar-refractivity contribution in [2.75, 3.05) is 5.32 Å². The maximum atomic E-state index is 12.0. The van der Waals surface area contributed by atoms with E-state index in [-0.39, 0.29) is 5.91 Å². The average Bonchev–Trinajstić information content (AvgIpc) is 2.50. The lowest BCUT2D eigenvalue weighted by Gasteiger charge is -2.08. The Labute approximate surface area is 139 Å². The number of halogens is 1. The number of rotatable bonds is 6. The number of allylic oxidation sites excluding steroid dienone is 1. The molecule has 0 bridgehead atoms. The van der Waals surface area contributed by atoms with E-state index in [1.165, 1.54) is 12.8 Å². The Balaban J connectivity index is 2.05. The molecule has 1 amide bonds. The van der Waals surface area contributed by atoms with Gasteiger partial charge in [-0.15, -0.1) is 0 Å². The first kappa shape index (κ1) is 15.9. The van der Waals surface area contributed by atoms with Gasteiger partial charge in [-0.3, -0.25) is 9.78 Å². The van der Waals surface area contributed by atoms with Crippen LogP contribution >= 0.6 is 22.6 Å². The molecule has 110 valence electrons. The van der Waals surface area contributed by atoms with Gasteiger partial charge in [0.2, 0.25) is 5.91 Å². The van der Waals surface area contributed by atoms with Crippen LogP contribution in [0.3, 0.4) is 0 Å². The molecule has 1 heterocycles. The van der Waals surface area contributed by atoms with E-state index < -0.39 is 0 Å². The zero-order chi connectivity index (χ0) is 15.1. The number of nitrogens with one attached hydrogen (secondary N) is 1. The van der Waals surface area contributed by atoms with Gasteiger partial charge in [0.15, 0.2) is 0 Å². The molecule has 0 unspecified atom stereocenters. The van der Waals surface area contributed by atoms with Crippen molar-refractivity contribution in [1.29, 1.82) is 0 Å². The Bertz CT molecular complexity index is 652. The molecule has 4 heteroatoms. The summed E-state index contributed by atoms with van der Waals surface area (Å²) < 4.78 is 1.13. The summed E-state index contributed by atoms with van der Waals surface area (Å²) in [6.07, 6.45) is 9.56. The van der Waals surface area contributed by atoms with E-state index in [0.717, 1.165) is 26.6 Å². The highest BCUT2D eigenvalue weighted by Gasteiger charge is 2.07. The first-order valence-electron chi connectivity index (χ1n) is 7.20. The number of anilines is 1. The highest BCUT2D eigenvalue weighted by molar-refractivity contribution is 14.1. The number of carbonyl (C=O) groups is 1. The van der Waals surface area contributed by atoms with E-state index in [0.29, 0.717) is 6.42 Å². The van der Waals surface area contributed by atoms with Gasteiger partial charge in [0, 0.05) is 21.6 Å². The molecule has 2 rings (SSSR count). The summed E-state index contributed by atoms with van der Waals surface area (Å²) in [6, 6.07) is 7.84. The minimum atomic E-state index is -0.00379. The number of benzene rings is 1. The lowest BCUT2D eigenvalue weighted by Crippen LogP contribution is -2.10. The molecule has 21 heavy (non-hydrogen) atoms. The zero-order valence-electron chi connectivity index (χ0n) is 12.1. The van der Waals surface area contributed by atoms with E-state index in [9.17, 15) is 4.79 Å². The van der Waals surface area contributed by atoms with E-state index in [1.807, 2.05) is 30.3 Å². The summed E-state index contributed by atoms with van der Waals surface area (Å²) in [5, 5.41) is 4.01. The number of aromatic nitrogens is 1. The highest BCUT2D eigenvalue weighted by atomic mass is 127. The first-order valence-corrected chi connectivity index (χ1v) is 8.28. The molecule has 1 aromatic heterocycles. The van der Waals surface area contributed by atoms with E-state index >= 15 is 0 Å². The molecular formula is C17H19IN2O. The predicted octanol–water partition coefficient (Wildman–Crippen LogP) is 4.91. The largest absolute Gasteiger partial charge is 0.324 e. The number of nitrogens with zero attached hydrogens (tertiary/aromatic N) is 1. The molecule has 0 spiro atoms. The third-order valence-corrected chi connectivity index (χ3v) is 4.13. The average molecular weight is 394 g/mol. The van der Waals surface area contributed by atoms with Crippen LogP contribution in [-0.2, 0) is 4.79 Å². The smallest absolute Gasteiger partial charge is 0.228 e. The lowest BCUT2D eigenvalue weighted by molar-refractivity contribution is -0.115. The second kappa shape index (κ2) is 8.12. The molecule has 0 fully saturated rings. The third-order valence-electron chi connectivity index (χ3n) is 3.18. The van der Waals surface area contributed by atoms with Crippen molar-refractivity contribution in [3.63, 3.8) is 0 Å². The Morgan fingerprint density at radius 1 is 1.33 bits per heavy atom. The molecule has 2 aromatic rings. The molecule has 0 radical (unpaired) electrons. The van der Waals surface area contributed by atoms with Gasteiger partial charge in [-0.25, -0.2) is 0 Å². The Hall–Kier alpha value is -1.43. The van der Waals surface area contributed by atoms with Crippen molar-refractivity contribution in [1.82, 2.24) is 4.98 Å². The summed E-state index contributed by atoms with van der Waals surface area (Å²) in [6.45, 7) is 2.16. The van der Waals surface area contributed by atoms with Crippen LogP contribution in [0, 0.1) is 3.57 Å². The van der Waals surface area contributed by atoms with Crippen LogP contribution < -0.4 is 5.32 Å². The molecule has 0 atom stereocenters. The number of hydrogen-bond acceptors (Lipinski definition) is 2. The van der Waals surface area contributed by atoms with Gasteiger partial charge in [0.25, 0.3) is 0 Å². The van der Waals surface area contributed by atoms with Crippen LogP contribution in [0.25, 0.3) is 10.9 Å². The predicted molar refractivity (Wildman–Crippen MR) is 96.4 cm³/mol. The fraction of sp³-hybridized carbons (Fsp3) is 0.294. The number of unbranched alkanes of at least 4 members (excludes halogenated alkanes) is 2. The molecule has 0 aliphatic carbocycles. The van der Waals surface area contributed by atoms with Crippen LogP contribution in [0.4, 0.5) is 5.69 Å². The van der Waals surface area contributed by atoms with Crippen LogP contribution in [0.1, 0.15) is 32.6 Å². The van der Waals surface area contributed by atoms with Gasteiger partial charge >= 0.3 is 0 Å². The van der Waals surface area contributed by atoms with Crippen LogP contribution in [-0.4, -0.2) is 10.9 Å². The molecule has 3 nitrogen and oxygen atoms in total. The molecule has 0 saturated carbocycles. The van der Waals surface area contributed by atoms with Gasteiger partial charge in [0.05, 0.1) is 11.2 Å². The fourth-order valence-electron chi connectivity index (χ4n) is 2.07. The Kier molecular flexibility index (Phi) is 6.17. The van der Waals surface area contributed by atoms with Gasteiger partial charge < -0.3 is 5.32 Å². The van der Waals surface area contributed by atoms with Crippen molar-refractivity contribution in [3.8, 4) is 0 Å². The van der Waals surface area contributed by atoms with Gasteiger partial charge in [-0.05, 0) is 47.2 Å². The Morgan fingerprint density at radius 2 is 2.19 bits per heavy atom. The minimum Gasteiger partial charge on any atom is -0.324 e. The standard InChI is InChI=1S/C17H19IN2O/c1-2-3-4-5-6-9-16(21)20-15-11-10-14(18)13-8-7-12-19-17(13)15/h5-8,10-12H,2-4,9H2,1H3,(H,20,21)/b6-5-. The van der Waals surface area contributed by atoms with Crippen molar-refractivity contribution in [3.05, 3.63) is 46.2 Å². The quantitative estimate of drug-likeness (QED) is 0.430. The summed E-state index contributed by atoms with van der Waals surface area (Å²) in [5.41, 5.74) is 1.62. The lowest BCUT2D eigenvalue weighted by atomic mass is 10.2. The number of amides is 1. The first-order chi connectivity index (χ1) is 10.2. The van der Waals surface area contributed by atoms with Gasteiger partial charge in [-0.2, -0.15) is 0 Å². The number of pyridine rings is 1. The molecule has 0 aliphatic heterocycles. The minimum absolute atomic E-state index is 0.00379. The Morgan fingerprint density at radius 3 is 3.00 bits per heavy atom. The van der Waals surface area contributed by atoms with Gasteiger partial charge in [-0.1, -0.05) is 38.0 Å². The summed E-state index contributed by atoms with van der Waals surface area (Å²) in [5.74, 6) is -0.00379. The SMILES string of the molecule is CCCC/C=C\CC(=O)Nc1ccc(I)c2cccnc12. The monoisotopic (exact) mass is 394 g/mol. The van der Waals surface area contributed by atoms with E-state index in [2.05, 4.69) is 45.9 Å². The summed E-state index contributed by atoms with van der Waals surface area (Å²) >= 11 is 2.28. The number of fused-ring (bicyclic) bond motifs is 1. The normalized spacial score (nSPS) is 11.1. The van der Waals surface area contributed by atoms with E-state index in [1.54, 1.807) is 6.20 Å². The summed E-state index contributed by atoms with van der Waals surface area (Å²) in [7, 11) is 0. The maximum absolute atomic E-state index is 12.0. The maximum Gasteiger partial charge on any atom is 0.228 e. The zero-order valence-corrected chi connectivity index (χ0v) is 14.3. The number of hydrogen-bond donors (Lipinski definition) is 1. The second-order valence-electron chi connectivity index (χ2n) is 4.86. The van der Waals surface area contributed by atoms with Crippen molar-refractivity contribution >= 4 is 45.1 Å². The molecular weight excluding hydrogens is 375 g/mol. The van der Waals surface area contributed by atoms with Crippen molar-refractivity contribution in [2.45, 2.75) is 32.6 Å². The number of carbonyl (C=O) groups excluding carboxylic acids is 1. The van der Waals surface area contributed by atoms with Crippen molar-refractivity contribution in [2.24, 2.45) is 0 Å². The molecule has 1 aromatic carbocycles. The van der Waals surface area contributed by atoms with Crippen molar-refractivity contribution < 1.29 is 4.79 Å². The topological polar surface area (TPSA) is 42.0 Å². The van der Waals surface area contributed by atoms with Crippen LogP contribution in [0.15, 0.2) is 42.6 Å². The fourth-order valence-corrected chi connectivity index (χ4v) is 2.69. The van der Waals surface area contributed by atoms with Crippen LogP contribution in [0.2, 0.25) is 0 Å². The second-order valence-corrected chi connectivity index (χ2v) is 6.02. The third kappa shape index (κ3) is 4.52. The highest BCUT2D eigenvalue weighted by Crippen LogP contribution is 2.25. The van der Waals surface area contributed by atoms with Gasteiger partial charge in [0.1, 0.15) is 0 Å². The molecule has 0 saturated heterocycles. The van der Waals surface area contributed by atoms with Crippen LogP contribution in [0.5, 0.6) is 0 Å². The summed E-state index contributed by atoms with van der Waals surface area (Å²) in [4.78, 5) is 16.4.